The molecule has 0 saturated heterocycles. The van der Waals surface area contributed by atoms with E-state index in [9.17, 15) is 9.59 Å². The van der Waals surface area contributed by atoms with Gasteiger partial charge in [0.05, 0.1) is 22.5 Å². The quantitative estimate of drug-likeness (QED) is 0.495. The Morgan fingerprint density at radius 1 is 0.926 bits per heavy atom. The average Bonchev–Trinajstić information content (AvgIpc) is 2.62. The monoisotopic (exact) mass is 387 g/mol. The number of hydrazine groups is 3. The van der Waals surface area contributed by atoms with E-state index in [1.54, 1.807) is 30.3 Å². The van der Waals surface area contributed by atoms with E-state index in [1.807, 2.05) is 0 Å². The number of carbonyl (C=O) groups is 2. The van der Waals surface area contributed by atoms with Crippen molar-refractivity contribution in [2.24, 2.45) is 4.99 Å². The summed E-state index contributed by atoms with van der Waals surface area (Å²) in [5, 5.41) is 19.5. The number of halogens is 1. The predicted molar refractivity (Wildman–Crippen MR) is 99.6 cm³/mol. The first-order valence-electron chi connectivity index (χ1n) is 7.63. The molecule has 10 heteroatoms. The van der Waals surface area contributed by atoms with Crippen molar-refractivity contribution in [3.63, 3.8) is 0 Å². The van der Waals surface area contributed by atoms with Gasteiger partial charge in [0.25, 0.3) is 0 Å². The number of nitrogens with zero attached hydrogens (tertiary/aromatic N) is 2. The van der Waals surface area contributed by atoms with E-state index in [1.165, 1.54) is 29.5 Å². The summed E-state index contributed by atoms with van der Waals surface area (Å²) in [4.78, 5) is 26.1. The molecular weight excluding hydrogens is 374 g/mol. The molecule has 1 heterocycles. The maximum Gasteiger partial charge on any atom is 0.335 e. The zero-order valence-corrected chi connectivity index (χ0v) is 14.4. The van der Waals surface area contributed by atoms with Gasteiger partial charge >= 0.3 is 11.9 Å². The molecule has 0 atom stereocenters. The number of nitrogens with one attached hydrogen (secondary N) is 3. The number of anilines is 1. The van der Waals surface area contributed by atoms with Crippen LogP contribution in [0.25, 0.3) is 0 Å². The van der Waals surface area contributed by atoms with E-state index < -0.39 is 11.9 Å². The van der Waals surface area contributed by atoms with Gasteiger partial charge in [-0.3, -0.25) is 16.3 Å². The highest BCUT2D eigenvalue weighted by Gasteiger charge is 2.14. The van der Waals surface area contributed by atoms with Gasteiger partial charge in [0.1, 0.15) is 11.0 Å². The highest BCUT2D eigenvalue weighted by Crippen LogP contribution is 2.16. The Bertz CT molecular complexity index is 925. The van der Waals surface area contributed by atoms with Crippen LogP contribution < -0.4 is 16.3 Å². The van der Waals surface area contributed by atoms with Crippen molar-refractivity contribution < 1.29 is 19.8 Å². The fourth-order valence-corrected chi connectivity index (χ4v) is 2.37. The van der Waals surface area contributed by atoms with Gasteiger partial charge in [-0.25, -0.2) is 14.6 Å². The SMILES string of the molecule is O=C(O)c1ccc(N=C2C=C(Cl)NN(Nc3ccc(C(=O)O)cc3)N2)cc1. The highest BCUT2D eigenvalue weighted by molar-refractivity contribution is 6.31. The van der Waals surface area contributed by atoms with Crippen LogP contribution in [0.4, 0.5) is 11.4 Å². The Morgan fingerprint density at radius 2 is 1.48 bits per heavy atom. The molecule has 2 aromatic carbocycles. The molecule has 2 aromatic rings. The average molecular weight is 388 g/mol. The molecule has 0 bridgehead atoms. The Hall–Kier alpha value is -3.56. The van der Waals surface area contributed by atoms with Crippen LogP contribution in [0.15, 0.2) is 64.8 Å². The summed E-state index contributed by atoms with van der Waals surface area (Å²) < 4.78 is 0. The van der Waals surface area contributed by atoms with E-state index in [-0.39, 0.29) is 16.3 Å². The molecule has 5 N–H and O–H groups in total. The second kappa shape index (κ2) is 7.77. The largest absolute Gasteiger partial charge is 0.478 e. The van der Waals surface area contributed by atoms with Gasteiger partial charge in [-0.05, 0) is 53.8 Å². The van der Waals surface area contributed by atoms with Crippen LogP contribution in [-0.4, -0.2) is 33.2 Å². The third-order valence-electron chi connectivity index (χ3n) is 3.44. The molecule has 1 aliphatic heterocycles. The Labute approximate surface area is 158 Å². The summed E-state index contributed by atoms with van der Waals surface area (Å²) in [7, 11) is 0. The smallest absolute Gasteiger partial charge is 0.335 e. The second-order valence-electron chi connectivity index (χ2n) is 5.39. The minimum absolute atomic E-state index is 0.166. The van der Waals surface area contributed by atoms with Crippen molar-refractivity contribution >= 4 is 40.7 Å². The van der Waals surface area contributed by atoms with Crippen LogP contribution in [0.1, 0.15) is 20.7 Å². The van der Waals surface area contributed by atoms with Crippen LogP contribution in [0.3, 0.4) is 0 Å². The first kappa shape index (κ1) is 18.2. The van der Waals surface area contributed by atoms with E-state index in [2.05, 4.69) is 21.3 Å². The van der Waals surface area contributed by atoms with Gasteiger partial charge in [-0.1, -0.05) is 11.6 Å². The lowest BCUT2D eigenvalue weighted by molar-refractivity contribution is 0.0686. The molecule has 3 rings (SSSR count). The normalized spacial score (nSPS) is 15.4. The van der Waals surface area contributed by atoms with Crippen molar-refractivity contribution in [3.05, 3.63) is 70.9 Å². The summed E-state index contributed by atoms with van der Waals surface area (Å²) in [6, 6.07) is 12.2. The number of aliphatic imine (C=N–C) groups is 1. The first-order chi connectivity index (χ1) is 12.9. The van der Waals surface area contributed by atoms with Gasteiger partial charge in [0.2, 0.25) is 0 Å². The number of benzene rings is 2. The maximum absolute atomic E-state index is 10.9. The highest BCUT2D eigenvalue weighted by atomic mass is 35.5. The van der Waals surface area contributed by atoms with E-state index in [0.717, 1.165) is 0 Å². The van der Waals surface area contributed by atoms with Crippen LogP contribution in [0.5, 0.6) is 0 Å². The minimum Gasteiger partial charge on any atom is -0.478 e. The number of carboxylic acid groups (broad SMARTS) is 2. The summed E-state index contributed by atoms with van der Waals surface area (Å²) in [5.74, 6) is -1.62. The number of rotatable bonds is 5. The Morgan fingerprint density at radius 3 is 2.04 bits per heavy atom. The third-order valence-corrected chi connectivity index (χ3v) is 3.64. The van der Waals surface area contributed by atoms with Crippen molar-refractivity contribution in [2.75, 3.05) is 5.43 Å². The molecule has 0 aliphatic carbocycles. The van der Waals surface area contributed by atoms with Gasteiger partial charge in [-0.2, -0.15) is 0 Å². The minimum atomic E-state index is -1.01. The first-order valence-corrected chi connectivity index (χ1v) is 8.01. The molecule has 9 nitrogen and oxygen atoms in total. The molecule has 0 amide bonds. The number of hydrogen-bond donors (Lipinski definition) is 5. The molecule has 138 valence electrons. The van der Waals surface area contributed by atoms with E-state index in [0.29, 0.717) is 17.2 Å². The van der Waals surface area contributed by atoms with Crippen LogP contribution in [0.2, 0.25) is 0 Å². The molecule has 0 radical (unpaired) electrons. The van der Waals surface area contributed by atoms with Crippen molar-refractivity contribution in [2.45, 2.75) is 0 Å². The summed E-state index contributed by atoms with van der Waals surface area (Å²) in [6.45, 7) is 0. The Balaban J connectivity index is 1.72. The van der Waals surface area contributed by atoms with E-state index in [4.69, 9.17) is 21.8 Å². The zero-order valence-electron chi connectivity index (χ0n) is 13.7. The summed E-state index contributed by atoms with van der Waals surface area (Å²) in [6.07, 6.45) is 1.55. The Kier molecular flexibility index (Phi) is 5.25. The van der Waals surface area contributed by atoms with E-state index >= 15 is 0 Å². The lowest BCUT2D eigenvalue weighted by atomic mass is 10.2. The fourth-order valence-electron chi connectivity index (χ4n) is 2.18. The second-order valence-corrected chi connectivity index (χ2v) is 5.80. The molecule has 0 aromatic heterocycles. The van der Waals surface area contributed by atoms with Gasteiger partial charge < -0.3 is 10.2 Å². The molecule has 0 fully saturated rings. The topological polar surface area (TPSA) is 126 Å². The van der Waals surface area contributed by atoms with Gasteiger partial charge in [-0.15, -0.1) is 0 Å². The van der Waals surface area contributed by atoms with Crippen LogP contribution >= 0.6 is 11.6 Å². The van der Waals surface area contributed by atoms with Gasteiger partial charge in [0, 0.05) is 6.08 Å². The molecule has 27 heavy (non-hydrogen) atoms. The third kappa shape index (κ3) is 4.75. The number of hydrogen-bond acceptors (Lipinski definition) is 6. The number of aromatic carboxylic acids is 2. The van der Waals surface area contributed by atoms with Crippen LogP contribution in [0, 0.1) is 0 Å². The zero-order chi connectivity index (χ0) is 19.4. The summed E-state index contributed by atoms with van der Waals surface area (Å²) >= 11 is 6.06. The van der Waals surface area contributed by atoms with Crippen molar-refractivity contribution in [1.29, 1.82) is 0 Å². The molecule has 1 aliphatic rings. The summed E-state index contributed by atoms with van der Waals surface area (Å²) in [5.41, 5.74) is 10.2. The molecule has 0 unspecified atom stereocenters. The maximum atomic E-state index is 10.9. The molecular formula is C17H14ClN5O4. The van der Waals surface area contributed by atoms with Gasteiger partial charge in [0.15, 0.2) is 0 Å². The number of carboxylic acids is 2. The predicted octanol–water partition coefficient (Wildman–Crippen LogP) is 2.55. The van der Waals surface area contributed by atoms with Crippen LogP contribution in [-0.2, 0) is 0 Å². The standard InChI is InChI=1S/C17H14ClN5O4/c18-14-9-15(19-12-5-1-10(2-6-12)16(24)25)22-23(21-14)20-13-7-3-11(4-8-13)17(26)27/h1-9,20-21H,(H,19,22)(H,24,25)(H,26,27). The van der Waals surface area contributed by atoms with Crippen molar-refractivity contribution in [3.8, 4) is 0 Å². The molecule has 0 saturated carbocycles. The fraction of sp³-hybridized carbons (Fsp3) is 0. The lowest BCUT2D eigenvalue weighted by Crippen LogP contribution is -2.55. The lowest BCUT2D eigenvalue weighted by Gasteiger charge is -2.29. The van der Waals surface area contributed by atoms with Crippen molar-refractivity contribution in [1.82, 2.24) is 16.1 Å². The molecule has 0 spiro atoms. The number of amidine groups is 1.